The molecule has 0 amide bonds. The third-order valence-electron chi connectivity index (χ3n) is 5.07. The molecule has 0 fully saturated rings. The molecule has 0 bridgehead atoms. The van der Waals surface area contributed by atoms with Crippen molar-refractivity contribution in [2.75, 3.05) is 18.1 Å². The summed E-state index contributed by atoms with van der Waals surface area (Å²) >= 11 is 0. The lowest BCUT2D eigenvalue weighted by Gasteiger charge is -2.31. The summed E-state index contributed by atoms with van der Waals surface area (Å²) in [7, 11) is 0. The number of hydrogen-bond acceptors (Lipinski definition) is 3. The summed E-state index contributed by atoms with van der Waals surface area (Å²) in [6.07, 6.45) is 0.968. The molecule has 2 aromatic rings. The van der Waals surface area contributed by atoms with Crippen molar-refractivity contribution in [1.82, 2.24) is 0 Å². The number of ether oxygens (including phenoxy) is 1. The Kier molecular flexibility index (Phi) is 4.20. The minimum Gasteiger partial charge on any atom is -0.508 e. The summed E-state index contributed by atoms with van der Waals surface area (Å²) < 4.78 is 5.76. The minimum absolute atomic E-state index is 0.175. The van der Waals surface area contributed by atoms with Crippen LogP contribution < -0.4 is 9.64 Å². The molecule has 0 aromatic heterocycles. The zero-order valence-electron chi connectivity index (χ0n) is 14.1. The maximum atomic E-state index is 9.28. The molecule has 1 unspecified atom stereocenters. The van der Waals surface area contributed by atoms with E-state index in [0.717, 1.165) is 18.7 Å². The Hall–Kier alpha value is -2.16. The van der Waals surface area contributed by atoms with Crippen LogP contribution >= 0.6 is 0 Å². The van der Waals surface area contributed by atoms with Crippen molar-refractivity contribution in [3.05, 3.63) is 54.1 Å². The summed E-state index contributed by atoms with van der Waals surface area (Å²) in [5, 5.41) is 9.28. The number of benzene rings is 2. The Morgan fingerprint density at radius 2 is 1.78 bits per heavy atom. The molecular formula is C20H25NO2. The average molecular weight is 311 g/mol. The number of phenolic OH excluding ortho intramolecular Hbond substituents is 1. The highest BCUT2D eigenvalue weighted by Crippen LogP contribution is 2.44. The van der Waals surface area contributed by atoms with Gasteiger partial charge in [0.15, 0.2) is 0 Å². The van der Waals surface area contributed by atoms with Crippen molar-refractivity contribution in [2.45, 2.75) is 38.6 Å². The highest BCUT2D eigenvalue weighted by atomic mass is 16.5. The van der Waals surface area contributed by atoms with Gasteiger partial charge in [0.25, 0.3) is 0 Å². The molecule has 23 heavy (non-hydrogen) atoms. The maximum absolute atomic E-state index is 9.28. The number of hydrogen-bond donors (Lipinski definition) is 1. The van der Waals surface area contributed by atoms with Gasteiger partial charge in [-0.15, -0.1) is 0 Å². The molecule has 1 atom stereocenters. The van der Waals surface area contributed by atoms with Crippen LogP contribution in [0.5, 0.6) is 11.5 Å². The fourth-order valence-corrected chi connectivity index (χ4v) is 3.37. The quantitative estimate of drug-likeness (QED) is 0.833. The largest absolute Gasteiger partial charge is 0.508 e. The number of aromatic hydroxyl groups is 1. The average Bonchev–Trinajstić information content (AvgIpc) is 2.74. The van der Waals surface area contributed by atoms with Crippen molar-refractivity contribution < 1.29 is 9.84 Å². The molecule has 0 spiro atoms. The molecule has 0 saturated carbocycles. The summed E-state index contributed by atoms with van der Waals surface area (Å²) in [4.78, 5) is 2.50. The predicted molar refractivity (Wildman–Crippen MR) is 94.5 cm³/mol. The lowest BCUT2D eigenvalue weighted by Crippen LogP contribution is -2.39. The summed E-state index contributed by atoms with van der Waals surface area (Å²) in [5.74, 6) is 1.07. The molecule has 3 nitrogen and oxygen atoms in total. The SMILES string of the molecule is CC1N(CCCOc2ccc(O)cc2)c2ccccc2C1(C)C. The molecule has 1 aliphatic heterocycles. The standard InChI is InChI=1S/C20H25NO2/c1-15-20(2,3)18-7-4-5-8-19(18)21(15)13-6-14-23-17-11-9-16(22)10-12-17/h4-5,7-12,15,22H,6,13-14H2,1-3H3. The number of anilines is 1. The fraction of sp³-hybridized carbons (Fsp3) is 0.400. The van der Waals surface area contributed by atoms with E-state index < -0.39 is 0 Å². The molecular weight excluding hydrogens is 286 g/mol. The first kappa shape index (κ1) is 15.7. The zero-order chi connectivity index (χ0) is 16.4. The van der Waals surface area contributed by atoms with Gasteiger partial charge in [-0.3, -0.25) is 0 Å². The summed E-state index contributed by atoms with van der Waals surface area (Å²) in [6.45, 7) is 8.62. The molecule has 0 saturated heterocycles. The Morgan fingerprint density at radius 1 is 1.09 bits per heavy atom. The maximum Gasteiger partial charge on any atom is 0.119 e. The first-order chi connectivity index (χ1) is 11.0. The smallest absolute Gasteiger partial charge is 0.119 e. The summed E-state index contributed by atoms with van der Waals surface area (Å²) in [6, 6.07) is 16.1. The van der Waals surface area contributed by atoms with Crippen LogP contribution in [0.1, 0.15) is 32.8 Å². The van der Waals surface area contributed by atoms with Gasteiger partial charge in [-0.25, -0.2) is 0 Å². The number of para-hydroxylation sites is 1. The molecule has 1 N–H and O–H groups in total. The van der Waals surface area contributed by atoms with Gasteiger partial charge < -0.3 is 14.7 Å². The Morgan fingerprint density at radius 3 is 2.52 bits per heavy atom. The van der Waals surface area contributed by atoms with Gasteiger partial charge in [0.1, 0.15) is 11.5 Å². The third kappa shape index (κ3) is 3.00. The van der Waals surface area contributed by atoms with Crippen LogP contribution in [0.25, 0.3) is 0 Å². The molecule has 3 heteroatoms. The topological polar surface area (TPSA) is 32.7 Å². The Bertz CT molecular complexity index is 664. The van der Waals surface area contributed by atoms with E-state index >= 15 is 0 Å². The van der Waals surface area contributed by atoms with E-state index in [0.29, 0.717) is 12.6 Å². The predicted octanol–water partition coefficient (Wildman–Crippen LogP) is 4.35. The zero-order valence-corrected chi connectivity index (χ0v) is 14.1. The molecule has 2 aromatic carbocycles. The first-order valence-corrected chi connectivity index (χ1v) is 8.28. The van der Waals surface area contributed by atoms with E-state index in [1.807, 2.05) is 0 Å². The van der Waals surface area contributed by atoms with Gasteiger partial charge in [-0.1, -0.05) is 32.0 Å². The second kappa shape index (κ2) is 6.15. The molecule has 122 valence electrons. The van der Waals surface area contributed by atoms with Crippen LogP contribution in [0.15, 0.2) is 48.5 Å². The van der Waals surface area contributed by atoms with Gasteiger partial charge in [0.05, 0.1) is 6.61 Å². The van der Waals surface area contributed by atoms with E-state index in [1.165, 1.54) is 11.3 Å². The van der Waals surface area contributed by atoms with Crippen molar-refractivity contribution in [3.63, 3.8) is 0 Å². The monoisotopic (exact) mass is 311 g/mol. The number of rotatable bonds is 5. The van der Waals surface area contributed by atoms with Crippen molar-refractivity contribution in [1.29, 1.82) is 0 Å². The molecule has 1 aliphatic rings. The normalized spacial score (nSPS) is 18.7. The molecule has 3 rings (SSSR count). The van der Waals surface area contributed by atoms with E-state index in [1.54, 1.807) is 24.3 Å². The van der Waals surface area contributed by atoms with Crippen LogP contribution in [0, 0.1) is 0 Å². The van der Waals surface area contributed by atoms with Gasteiger partial charge in [0.2, 0.25) is 0 Å². The molecule has 0 aliphatic carbocycles. The highest BCUT2D eigenvalue weighted by Gasteiger charge is 2.41. The molecule has 0 radical (unpaired) electrons. The second-order valence-corrected chi connectivity index (χ2v) is 6.80. The molecule has 1 heterocycles. The highest BCUT2D eigenvalue weighted by molar-refractivity contribution is 5.63. The summed E-state index contributed by atoms with van der Waals surface area (Å²) in [5.41, 5.74) is 2.97. The van der Waals surface area contributed by atoms with Crippen molar-refractivity contribution in [2.24, 2.45) is 0 Å². The van der Waals surface area contributed by atoms with E-state index in [9.17, 15) is 5.11 Å². The van der Waals surface area contributed by atoms with Crippen molar-refractivity contribution in [3.8, 4) is 11.5 Å². The van der Waals surface area contributed by atoms with E-state index in [-0.39, 0.29) is 11.2 Å². The van der Waals surface area contributed by atoms with Crippen molar-refractivity contribution >= 4 is 5.69 Å². The first-order valence-electron chi connectivity index (χ1n) is 8.28. The van der Waals surface area contributed by atoms with Gasteiger partial charge in [-0.2, -0.15) is 0 Å². The minimum atomic E-state index is 0.175. The number of fused-ring (bicyclic) bond motifs is 1. The lowest BCUT2D eigenvalue weighted by molar-refractivity contribution is 0.308. The number of phenols is 1. The third-order valence-corrected chi connectivity index (χ3v) is 5.07. The van der Waals surface area contributed by atoms with Gasteiger partial charge in [-0.05, 0) is 49.2 Å². The Balaban J connectivity index is 1.59. The second-order valence-electron chi connectivity index (χ2n) is 6.80. The van der Waals surface area contributed by atoms with Crippen LogP contribution in [0.4, 0.5) is 5.69 Å². The lowest BCUT2D eigenvalue weighted by atomic mass is 9.81. The Labute approximate surface area is 138 Å². The number of nitrogens with zero attached hydrogens (tertiary/aromatic N) is 1. The van der Waals surface area contributed by atoms with E-state index in [2.05, 4.69) is 49.9 Å². The van der Waals surface area contributed by atoms with Crippen LogP contribution in [0.3, 0.4) is 0 Å². The van der Waals surface area contributed by atoms with Crippen LogP contribution in [-0.2, 0) is 5.41 Å². The van der Waals surface area contributed by atoms with Crippen LogP contribution in [0.2, 0.25) is 0 Å². The fourth-order valence-electron chi connectivity index (χ4n) is 3.37. The van der Waals surface area contributed by atoms with Crippen LogP contribution in [-0.4, -0.2) is 24.3 Å². The van der Waals surface area contributed by atoms with Gasteiger partial charge >= 0.3 is 0 Å². The van der Waals surface area contributed by atoms with E-state index in [4.69, 9.17) is 4.74 Å². The van der Waals surface area contributed by atoms with Gasteiger partial charge in [0, 0.05) is 23.7 Å².